The molecule has 21 heavy (non-hydrogen) atoms. The molecule has 1 aromatic carbocycles. The van der Waals surface area contributed by atoms with Crippen LogP contribution < -0.4 is 11.1 Å². The van der Waals surface area contributed by atoms with Gasteiger partial charge >= 0.3 is 0 Å². The number of carbonyl (C=O) groups excluding carboxylic acids is 1. The lowest BCUT2D eigenvalue weighted by molar-refractivity contribution is 0.0949. The number of nitrogens with two attached hydrogens (primary N) is 1. The zero-order valence-electron chi connectivity index (χ0n) is 11.9. The van der Waals surface area contributed by atoms with Gasteiger partial charge in [-0.3, -0.25) is 4.79 Å². The highest BCUT2D eigenvalue weighted by Gasteiger charge is 2.15. The lowest BCUT2D eigenvalue weighted by Crippen LogP contribution is -2.25. The Balaban J connectivity index is 1.66. The number of aryl methyl sites for hydroxylation is 1. The molecule has 1 aliphatic heterocycles. The summed E-state index contributed by atoms with van der Waals surface area (Å²) in [6.07, 6.45) is 4.50. The molecule has 0 bridgehead atoms. The quantitative estimate of drug-likeness (QED) is 0.837. The second-order valence-corrected chi connectivity index (χ2v) is 5.30. The van der Waals surface area contributed by atoms with E-state index in [1.165, 1.54) is 6.42 Å². The minimum atomic E-state index is -0.124. The number of nitrogens with zero attached hydrogens (tertiary/aromatic N) is 3. The topological polar surface area (TPSA) is 85.8 Å². The third-order valence-corrected chi connectivity index (χ3v) is 3.77. The maximum Gasteiger partial charge on any atom is 0.251 e. The summed E-state index contributed by atoms with van der Waals surface area (Å²) in [4.78, 5) is 12.1. The van der Waals surface area contributed by atoms with E-state index < -0.39 is 0 Å². The van der Waals surface area contributed by atoms with Gasteiger partial charge in [-0.2, -0.15) is 0 Å². The molecular weight excluding hydrogens is 266 g/mol. The fourth-order valence-corrected chi connectivity index (χ4v) is 2.57. The fourth-order valence-electron chi connectivity index (χ4n) is 2.57. The van der Waals surface area contributed by atoms with E-state index in [1.807, 2.05) is 0 Å². The van der Waals surface area contributed by atoms with Crippen LogP contribution in [0.3, 0.4) is 0 Å². The summed E-state index contributed by atoms with van der Waals surface area (Å²) in [5.41, 5.74) is 6.86. The average Bonchev–Trinajstić information content (AvgIpc) is 2.72. The molecule has 6 nitrogen and oxygen atoms in total. The molecule has 1 aromatic heterocycles. The number of rotatable bonds is 3. The van der Waals surface area contributed by atoms with Crippen LogP contribution in [0, 0.1) is 0 Å². The Morgan fingerprint density at radius 3 is 2.81 bits per heavy atom. The van der Waals surface area contributed by atoms with E-state index in [-0.39, 0.29) is 5.91 Å². The largest absolute Gasteiger partial charge is 0.399 e. The number of aromatic nitrogens is 3. The molecule has 0 radical (unpaired) electrons. The summed E-state index contributed by atoms with van der Waals surface area (Å²) >= 11 is 0. The molecule has 1 amide bonds. The molecule has 0 saturated carbocycles. The van der Waals surface area contributed by atoms with Gasteiger partial charge in [-0.25, -0.2) is 0 Å². The number of anilines is 1. The minimum Gasteiger partial charge on any atom is -0.399 e. The first kappa shape index (κ1) is 13.6. The molecule has 2 heterocycles. The zero-order chi connectivity index (χ0) is 14.7. The highest BCUT2D eigenvalue weighted by molar-refractivity contribution is 5.94. The molecule has 0 unspecified atom stereocenters. The lowest BCUT2D eigenvalue weighted by Gasteiger charge is -2.08. The Morgan fingerprint density at radius 1 is 1.19 bits per heavy atom. The van der Waals surface area contributed by atoms with E-state index in [4.69, 9.17) is 5.73 Å². The first-order valence-electron chi connectivity index (χ1n) is 7.29. The van der Waals surface area contributed by atoms with Gasteiger partial charge in [-0.15, -0.1) is 10.2 Å². The van der Waals surface area contributed by atoms with Gasteiger partial charge in [-0.1, -0.05) is 6.42 Å². The van der Waals surface area contributed by atoms with Crippen LogP contribution in [-0.2, 0) is 19.5 Å². The fraction of sp³-hybridized carbons (Fsp3) is 0.400. The number of benzene rings is 1. The summed E-state index contributed by atoms with van der Waals surface area (Å²) in [6.45, 7) is 1.34. The number of hydrogen-bond donors (Lipinski definition) is 2. The Bertz CT molecular complexity index is 632. The molecule has 0 atom stereocenters. The second kappa shape index (κ2) is 5.95. The smallest absolute Gasteiger partial charge is 0.251 e. The number of fused-ring (bicyclic) bond motifs is 1. The summed E-state index contributed by atoms with van der Waals surface area (Å²) in [6, 6.07) is 6.88. The van der Waals surface area contributed by atoms with Crippen molar-refractivity contribution in [2.24, 2.45) is 0 Å². The Morgan fingerprint density at radius 2 is 2.00 bits per heavy atom. The Hall–Kier alpha value is -2.37. The minimum absolute atomic E-state index is 0.124. The van der Waals surface area contributed by atoms with E-state index in [0.29, 0.717) is 17.8 Å². The second-order valence-electron chi connectivity index (χ2n) is 5.30. The number of hydrogen-bond acceptors (Lipinski definition) is 4. The van der Waals surface area contributed by atoms with Crippen LogP contribution in [0.1, 0.15) is 41.3 Å². The van der Waals surface area contributed by atoms with Gasteiger partial charge < -0.3 is 15.6 Å². The molecule has 2 aromatic rings. The molecule has 0 fully saturated rings. The van der Waals surface area contributed by atoms with Crippen molar-refractivity contribution in [3.63, 3.8) is 0 Å². The number of carbonyl (C=O) groups is 1. The lowest BCUT2D eigenvalue weighted by atomic mass is 10.2. The predicted octanol–water partition coefficient (Wildman–Crippen LogP) is 1.52. The van der Waals surface area contributed by atoms with Crippen molar-refractivity contribution < 1.29 is 4.79 Å². The van der Waals surface area contributed by atoms with Gasteiger partial charge in [-0.05, 0) is 37.1 Å². The Labute approximate surface area is 123 Å². The van der Waals surface area contributed by atoms with Crippen molar-refractivity contribution in [1.29, 1.82) is 0 Å². The van der Waals surface area contributed by atoms with Crippen molar-refractivity contribution in [3.8, 4) is 0 Å². The van der Waals surface area contributed by atoms with E-state index in [1.54, 1.807) is 24.3 Å². The molecule has 110 valence electrons. The molecule has 0 saturated heterocycles. The molecule has 0 aliphatic carbocycles. The normalized spacial score (nSPS) is 14.3. The van der Waals surface area contributed by atoms with Crippen LogP contribution in [0.5, 0.6) is 0 Å². The van der Waals surface area contributed by atoms with Gasteiger partial charge in [0.25, 0.3) is 5.91 Å². The number of nitrogen functional groups attached to an aromatic ring is 1. The van der Waals surface area contributed by atoms with Crippen LogP contribution >= 0.6 is 0 Å². The SMILES string of the molecule is Nc1ccc(C(=O)NCc2nnc3n2CCCCC3)cc1. The summed E-state index contributed by atoms with van der Waals surface area (Å²) in [5, 5.41) is 11.3. The van der Waals surface area contributed by atoms with E-state index in [0.717, 1.165) is 37.5 Å². The maximum atomic E-state index is 12.1. The van der Waals surface area contributed by atoms with Gasteiger partial charge in [0, 0.05) is 24.2 Å². The van der Waals surface area contributed by atoms with Crippen molar-refractivity contribution in [1.82, 2.24) is 20.1 Å². The van der Waals surface area contributed by atoms with E-state index in [2.05, 4.69) is 20.1 Å². The highest BCUT2D eigenvalue weighted by atomic mass is 16.1. The monoisotopic (exact) mass is 285 g/mol. The van der Waals surface area contributed by atoms with Gasteiger partial charge in [0.15, 0.2) is 5.82 Å². The van der Waals surface area contributed by atoms with Crippen LogP contribution in [0.15, 0.2) is 24.3 Å². The number of nitrogens with one attached hydrogen (secondary N) is 1. The first-order valence-corrected chi connectivity index (χ1v) is 7.29. The van der Waals surface area contributed by atoms with Crippen molar-refractivity contribution in [2.75, 3.05) is 5.73 Å². The van der Waals surface area contributed by atoms with E-state index in [9.17, 15) is 4.79 Å². The van der Waals surface area contributed by atoms with Gasteiger partial charge in [0.2, 0.25) is 0 Å². The van der Waals surface area contributed by atoms with Gasteiger partial charge in [0.05, 0.1) is 6.54 Å². The average molecular weight is 285 g/mol. The molecule has 6 heteroatoms. The van der Waals surface area contributed by atoms with Gasteiger partial charge in [0.1, 0.15) is 5.82 Å². The van der Waals surface area contributed by atoms with Crippen LogP contribution in [0.4, 0.5) is 5.69 Å². The van der Waals surface area contributed by atoms with Crippen molar-refractivity contribution >= 4 is 11.6 Å². The van der Waals surface area contributed by atoms with E-state index >= 15 is 0 Å². The van der Waals surface area contributed by atoms with Crippen LogP contribution in [-0.4, -0.2) is 20.7 Å². The van der Waals surface area contributed by atoms with Crippen molar-refractivity contribution in [3.05, 3.63) is 41.5 Å². The standard InChI is InChI=1S/C15H19N5O/c16-12-7-5-11(6-8-12)15(21)17-10-14-19-18-13-4-2-1-3-9-20(13)14/h5-8H,1-4,9-10,16H2,(H,17,21). The summed E-state index contributed by atoms with van der Waals surface area (Å²) < 4.78 is 2.14. The Kier molecular flexibility index (Phi) is 3.85. The third kappa shape index (κ3) is 3.04. The molecule has 0 spiro atoms. The third-order valence-electron chi connectivity index (χ3n) is 3.77. The highest BCUT2D eigenvalue weighted by Crippen LogP contribution is 2.14. The predicted molar refractivity (Wildman–Crippen MR) is 79.6 cm³/mol. The summed E-state index contributed by atoms with van der Waals surface area (Å²) in [7, 11) is 0. The molecule has 1 aliphatic rings. The molecule has 3 N–H and O–H groups in total. The zero-order valence-corrected chi connectivity index (χ0v) is 11.9. The molecule has 3 rings (SSSR count). The molecular formula is C15H19N5O. The van der Waals surface area contributed by atoms with Crippen molar-refractivity contribution in [2.45, 2.75) is 38.8 Å². The number of amides is 1. The first-order chi connectivity index (χ1) is 10.2. The van der Waals surface area contributed by atoms with Crippen LogP contribution in [0.25, 0.3) is 0 Å². The summed E-state index contributed by atoms with van der Waals surface area (Å²) in [5.74, 6) is 1.74. The maximum absolute atomic E-state index is 12.1. The van der Waals surface area contributed by atoms with Crippen LogP contribution in [0.2, 0.25) is 0 Å².